The second-order valence-corrected chi connectivity index (χ2v) is 6.54. The van der Waals surface area contributed by atoms with Gasteiger partial charge < -0.3 is 14.8 Å². The molecule has 0 aromatic heterocycles. The van der Waals surface area contributed by atoms with Crippen molar-refractivity contribution in [3.05, 3.63) is 58.6 Å². The Bertz CT molecular complexity index is 796. The Morgan fingerprint density at radius 2 is 1.81 bits per heavy atom. The van der Waals surface area contributed by atoms with E-state index in [1.807, 2.05) is 12.1 Å². The lowest BCUT2D eigenvalue weighted by atomic mass is 10.2. The van der Waals surface area contributed by atoms with E-state index in [1.54, 1.807) is 12.1 Å². The topological polar surface area (TPSA) is 64.6 Å². The van der Waals surface area contributed by atoms with Crippen LogP contribution in [0.3, 0.4) is 0 Å². The molecule has 0 heterocycles. The lowest BCUT2D eigenvalue weighted by Crippen LogP contribution is -2.30. The molecule has 0 saturated heterocycles. The normalized spacial score (nSPS) is 11.6. The summed E-state index contributed by atoms with van der Waals surface area (Å²) in [5.41, 5.74) is -0.576. The maximum absolute atomic E-state index is 13.5. The van der Waals surface area contributed by atoms with Crippen molar-refractivity contribution < 1.29 is 27.8 Å². The lowest BCUT2D eigenvalue weighted by Gasteiger charge is -2.14. The van der Waals surface area contributed by atoms with Gasteiger partial charge in [0.1, 0.15) is 23.1 Å². The molecule has 2 aromatic carbocycles. The molecule has 0 aliphatic heterocycles. The molecule has 0 fully saturated rings. The van der Waals surface area contributed by atoms with Gasteiger partial charge in [0.25, 0.3) is 5.91 Å². The highest BCUT2D eigenvalue weighted by atomic mass is 79.9. The number of nitrogens with one attached hydrogen (secondary N) is 1. The third kappa shape index (κ3) is 6.63. The standard InChI is InChI=1S/C19H18BrF2NO4/c1-12(19(25)23-18-15(21)7-3-8-16(18)22)27-17(24)9-4-10-26-14-6-2-5-13(20)11-14/h2-3,5-8,11-12H,4,9-10H2,1H3,(H,23,25). The van der Waals surface area contributed by atoms with E-state index in [9.17, 15) is 18.4 Å². The quantitative estimate of drug-likeness (QED) is 0.485. The van der Waals surface area contributed by atoms with Crippen LogP contribution in [0.15, 0.2) is 46.9 Å². The highest BCUT2D eigenvalue weighted by Crippen LogP contribution is 2.19. The average Bonchev–Trinajstić information content (AvgIpc) is 2.62. The first-order valence-corrected chi connectivity index (χ1v) is 8.99. The van der Waals surface area contributed by atoms with Crippen molar-refractivity contribution in [1.29, 1.82) is 0 Å². The monoisotopic (exact) mass is 441 g/mol. The summed E-state index contributed by atoms with van der Waals surface area (Å²) in [6.07, 6.45) is -0.760. The highest BCUT2D eigenvalue weighted by molar-refractivity contribution is 9.10. The molecule has 0 spiro atoms. The van der Waals surface area contributed by atoms with Crippen molar-refractivity contribution in [3.8, 4) is 5.75 Å². The molecule has 0 radical (unpaired) electrons. The molecule has 0 aliphatic rings. The predicted octanol–water partition coefficient (Wildman–Crippen LogP) is 4.46. The second-order valence-electron chi connectivity index (χ2n) is 5.63. The van der Waals surface area contributed by atoms with E-state index < -0.39 is 35.3 Å². The molecule has 27 heavy (non-hydrogen) atoms. The number of para-hydroxylation sites is 1. The number of carbonyl (C=O) groups is 2. The first kappa shape index (κ1) is 20.8. The van der Waals surface area contributed by atoms with Crippen LogP contribution in [0.1, 0.15) is 19.8 Å². The van der Waals surface area contributed by atoms with Gasteiger partial charge in [-0.25, -0.2) is 8.78 Å². The summed E-state index contributed by atoms with van der Waals surface area (Å²) in [4.78, 5) is 23.7. The Labute approximate surface area is 163 Å². The summed E-state index contributed by atoms with van der Waals surface area (Å²) in [6.45, 7) is 1.62. The van der Waals surface area contributed by atoms with Crippen molar-refractivity contribution in [1.82, 2.24) is 0 Å². The van der Waals surface area contributed by atoms with Crippen LogP contribution in [0.4, 0.5) is 14.5 Å². The Morgan fingerprint density at radius 1 is 1.15 bits per heavy atom. The van der Waals surface area contributed by atoms with Crippen LogP contribution in [0.5, 0.6) is 5.75 Å². The number of ether oxygens (including phenoxy) is 2. The molecular weight excluding hydrogens is 424 g/mol. The van der Waals surface area contributed by atoms with Gasteiger partial charge in [-0.15, -0.1) is 0 Å². The Kier molecular flexibility index (Phi) is 7.72. The molecule has 0 saturated carbocycles. The van der Waals surface area contributed by atoms with Crippen molar-refractivity contribution in [2.75, 3.05) is 11.9 Å². The largest absolute Gasteiger partial charge is 0.494 e. The van der Waals surface area contributed by atoms with Crippen LogP contribution in [0, 0.1) is 11.6 Å². The minimum Gasteiger partial charge on any atom is -0.494 e. The van der Waals surface area contributed by atoms with Crippen LogP contribution in [-0.4, -0.2) is 24.6 Å². The highest BCUT2D eigenvalue weighted by Gasteiger charge is 2.20. The number of benzene rings is 2. The zero-order valence-electron chi connectivity index (χ0n) is 14.5. The Hall–Kier alpha value is -2.48. The molecule has 0 aliphatic carbocycles. The van der Waals surface area contributed by atoms with Crippen LogP contribution >= 0.6 is 15.9 Å². The van der Waals surface area contributed by atoms with Gasteiger partial charge in [0.2, 0.25) is 0 Å². The van der Waals surface area contributed by atoms with Crippen molar-refractivity contribution in [3.63, 3.8) is 0 Å². The number of anilines is 1. The predicted molar refractivity (Wildman–Crippen MR) is 99.4 cm³/mol. The SMILES string of the molecule is CC(OC(=O)CCCOc1cccc(Br)c1)C(=O)Nc1c(F)cccc1F. The van der Waals surface area contributed by atoms with Crippen molar-refractivity contribution in [2.45, 2.75) is 25.9 Å². The van der Waals surface area contributed by atoms with E-state index in [-0.39, 0.29) is 6.42 Å². The van der Waals surface area contributed by atoms with E-state index in [0.29, 0.717) is 18.8 Å². The summed E-state index contributed by atoms with van der Waals surface area (Å²) in [5, 5.41) is 2.08. The van der Waals surface area contributed by atoms with Gasteiger partial charge in [-0.2, -0.15) is 0 Å². The smallest absolute Gasteiger partial charge is 0.306 e. The van der Waals surface area contributed by atoms with Gasteiger partial charge in [-0.1, -0.05) is 28.1 Å². The van der Waals surface area contributed by atoms with Crippen molar-refractivity contribution in [2.24, 2.45) is 0 Å². The molecule has 2 rings (SSSR count). The van der Waals surface area contributed by atoms with E-state index in [1.165, 1.54) is 13.0 Å². The van der Waals surface area contributed by atoms with Crippen molar-refractivity contribution >= 4 is 33.5 Å². The van der Waals surface area contributed by atoms with Crippen LogP contribution in [-0.2, 0) is 14.3 Å². The Morgan fingerprint density at radius 3 is 2.48 bits per heavy atom. The first-order chi connectivity index (χ1) is 12.9. The van der Waals surface area contributed by atoms with Crippen LogP contribution < -0.4 is 10.1 Å². The Balaban J connectivity index is 1.73. The number of carbonyl (C=O) groups excluding carboxylic acids is 2. The molecule has 144 valence electrons. The number of esters is 1. The summed E-state index contributed by atoms with van der Waals surface area (Å²) in [7, 11) is 0. The zero-order valence-corrected chi connectivity index (χ0v) is 16.1. The molecular formula is C19H18BrF2NO4. The van der Waals surface area contributed by atoms with Gasteiger partial charge in [-0.05, 0) is 43.7 Å². The fraction of sp³-hybridized carbons (Fsp3) is 0.263. The summed E-state index contributed by atoms with van der Waals surface area (Å²) < 4.78 is 38.4. The van der Waals surface area contributed by atoms with Gasteiger partial charge in [0.15, 0.2) is 6.10 Å². The lowest BCUT2D eigenvalue weighted by molar-refractivity contribution is -0.153. The number of hydrogen-bond acceptors (Lipinski definition) is 4. The number of rotatable bonds is 8. The number of halogens is 3. The van der Waals surface area contributed by atoms with Crippen LogP contribution in [0.2, 0.25) is 0 Å². The fourth-order valence-corrected chi connectivity index (χ4v) is 2.49. The second kappa shape index (κ2) is 10.0. The molecule has 0 bridgehead atoms. The minimum absolute atomic E-state index is 0.0414. The number of hydrogen-bond donors (Lipinski definition) is 1. The summed E-state index contributed by atoms with van der Waals surface area (Å²) in [5.74, 6) is -2.59. The summed E-state index contributed by atoms with van der Waals surface area (Å²) in [6, 6.07) is 10.5. The van der Waals surface area contributed by atoms with E-state index in [0.717, 1.165) is 16.6 Å². The third-order valence-corrected chi connectivity index (χ3v) is 3.97. The number of amides is 1. The molecule has 1 N–H and O–H groups in total. The molecule has 5 nitrogen and oxygen atoms in total. The molecule has 1 amide bonds. The maximum Gasteiger partial charge on any atom is 0.306 e. The van der Waals surface area contributed by atoms with E-state index in [2.05, 4.69) is 21.2 Å². The molecule has 2 aromatic rings. The first-order valence-electron chi connectivity index (χ1n) is 8.19. The molecule has 1 atom stereocenters. The van der Waals surface area contributed by atoms with Crippen LogP contribution in [0.25, 0.3) is 0 Å². The van der Waals surface area contributed by atoms with Gasteiger partial charge >= 0.3 is 5.97 Å². The zero-order chi connectivity index (χ0) is 19.8. The van der Waals surface area contributed by atoms with Gasteiger partial charge in [0, 0.05) is 10.9 Å². The maximum atomic E-state index is 13.5. The van der Waals surface area contributed by atoms with E-state index >= 15 is 0 Å². The molecule has 1 unspecified atom stereocenters. The fourth-order valence-electron chi connectivity index (χ4n) is 2.11. The van der Waals surface area contributed by atoms with E-state index in [4.69, 9.17) is 9.47 Å². The molecule has 8 heteroatoms. The van der Waals surface area contributed by atoms with Gasteiger partial charge in [-0.3, -0.25) is 9.59 Å². The summed E-state index contributed by atoms with van der Waals surface area (Å²) >= 11 is 3.33. The minimum atomic E-state index is -1.19. The average molecular weight is 442 g/mol. The van der Waals surface area contributed by atoms with Gasteiger partial charge in [0.05, 0.1) is 6.61 Å². The third-order valence-electron chi connectivity index (χ3n) is 3.48.